The summed E-state index contributed by atoms with van der Waals surface area (Å²) in [4.78, 5) is 5.70. The minimum Gasteiger partial charge on any atom is -0.339 e. The van der Waals surface area contributed by atoms with Crippen molar-refractivity contribution < 1.29 is 4.52 Å². The zero-order valence-electron chi connectivity index (χ0n) is 11.9. The lowest BCUT2D eigenvalue weighted by Crippen LogP contribution is -2.14. The fourth-order valence-electron chi connectivity index (χ4n) is 2.22. The molecule has 0 radical (unpaired) electrons. The van der Waals surface area contributed by atoms with Crippen LogP contribution in [0.4, 0.5) is 0 Å². The molecule has 0 saturated heterocycles. The molecule has 4 nitrogen and oxygen atoms in total. The van der Waals surface area contributed by atoms with Crippen molar-refractivity contribution >= 4 is 11.8 Å². The molecule has 0 aliphatic heterocycles. The van der Waals surface area contributed by atoms with Crippen LogP contribution in [0.2, 0.25) is 0 Å². The van der Waals surface area contributed by atoms with Crippen molar-refractivity contribution in [3.8, 4) is 0 Å². The van der Waals surface area contributed by atoms with E-state index < -0.39 is 0 Å². The zero-order chi connectivity index (χ0) is 14.1. The van der Waals surface area contributed by atoms with E-state index in [9.17, 15) is 0 Å². The third-order valence-corrected chi connectivity index (χ3v) is 4.88. The Balaban J connectivity index is 1.28. The standard InChI is InChI=1S/C16H19N3OS/c1-7-14(8-2-11(1)9-17-13-5-6-13)21-10-15-18-16(20-19-15)12-3-4-12/h1-2,7-8,12-13,17H,3-6,9-10H2. The van der Waals surface area contributed by atoms with E-state index in [-0.39, 0.29) is 0 Å². The number of benzene rings is 1. The second kappa shape index (κ2) is 5.81. The summed E-state index contributed by atoms with van der Waals surface area (Å²) < 4.78 is 5.27. The van der Waals surface area contributed by atoms with Crippen molar-refractivity contribution in [3.05, 3.63) is 41.5 Å². The first-order valence-electron chi connectivity index (χ1n) is 7.64. The largest absolute Gasteiger partial charge is 0.339 e. The SMILES string of the molecule is c1cc(SCc2noc(C3CC3)n2)ccc1CNC1CC1. The minimum absolute atomic E-state index is 0.537. The number of thioether (sulfide) groups is 1. The molecule has 0 atom stereocenters. The average Bonchev–Trinajstić information content (AvgIpc) is 3.44. The van der Waals surface area contributed by atoms with Crippen molar-refractivity contribution in [1.29, 1.82) is 0 Å². The summed E-state index contributed by atoms with van der Waals surface area (Å²) in [6.07, 6.45) is 5.07. The Kier molecular flexibility index (Phi) is 3.69. The predicted molar refractivity (Wildman–Crippen MR) is 82.1 cm³/mol. The van der Waals surface area contributed by atoms with Crippen LogP contribution in [0.1, 0.15) is 48.9 Å². The van der Waals surface area contributed by atoms with Crippen LogP contribution in [0, 0.1) is 0 Å². The number of hydrogen-bond acceptors (Lipinski definition) is 5. The maximum atomic E-state index is 5.27. The molecule has 0 amide bonds. The summed E-state index contributed by atoms with van der Waals surface area (Å²) in [5.74, 6) is 2.94. The van der Waals surface area contributed by atoms with Crippen LogP contribution in [0.5, 0.6) is 0 Å². The third kappa shape index (κ3) is 3.66. The van der Waals surface area contributed by atoms with Crippen LogP contribution in [-0.4, -0.2) is 16.2 Å². The molecule has 2 aromatic rings. The predicted octanol–water partition coefficient (Wildman–Crippen LogP) is 3.49. The molecular formula is C16H19N3OS. The second-order valence-electron chi connectivity index (χ2n) is 5.91. The molecule has 5 heteroatoms. The van der Waals surface area contributed by atoms with Crippen LogP contribution in [-0.2, 0) is 12.3 Å². The summed E-state index contributed by atoms with van der Waals surface area (Å²) >= 11 is 1.76. The summed E-state index contributed by atoms with van der Waals surface area (Å²) in [7, 11) is 0. The van der Waals surface area contributed by atoms with E-state index in [0.717, 1.165) is 30.1 Å². The lowest BCUT2D eigenvalue weighted by molar-refractivity contribution is 0.375. The number of aromatic nitrogens is 2. The third-order valence-electron chi connectivity index (χ3n) is 3.87. The average molecular weight is 301 g/mol. The zero-order valence-corrected chi connectivity index (χ0v) is 12.7. The second-order valence-corrected chi connectivity index (χ2v) is 6.96. The van der Waals surface area contributed by atoms with Gasteiger partial charge in [-0.1, -0.05) is 17.3 Å². The Bertz CT molecular complexity index is 602. The van der Waals surface area contributed by atoms with E-state index in [1.807, 2.05) is 0 Å². The van der Waals surface area contributed by atoms with Crippen LogP contribution in [0.15, 0.2) is 33.7 Å². The molecule has 1 heterocycles. The van der Waals surface area contributed by atoms with E-state index in [2.05, 4.69) is 39.7 Å². The summed E-state index contributed by atoms with van der Waals surface area (Å²) in [5, 5.41) is 7.58. The van der Waals surface area contributed by atoms with Gasteiger partial charge in [0.05, 0.1) is 5.75 Å². The van der Waals surface area contributed by atoms with Crippen LogP contribution < -0.4 is 5.32 Å². The highest BCUT2D eigenvalue weighted by Gasteiger charge is 2.29. The molecule has 4 rings (SSSR count). The first-order valence-corrected chi connectivity index (χ1v) is 8.63. The fourth-order valence-corrected chi connectivity index (χ4v) is 2.96. The Morgan fingerprint density at radius 2 is 1.95 bits per heavy atom. The molecule has 1 aromatic heterocycles. The van der Waals surface area contributed by atoms with Gasteiger partial charge in [0.15, 0.2) is 5.82 Å². The monoisotopic (exact) mass is 301 g/mol. The van der Waals surface area contributed by atoms with Crippen molar-refractivity contribution in [1.82, 2.24) is 15.5 Å². The summed E-state index contributed by atoms with van der Waals surface area (Å²) in [6.45, 7) is 0.977. The first kappa shape index (κ1) is 13.3. The molecule has 1 N–H and O–H groups in total. The van der Waals surface area contributed by atoms with Crippen molar-refractivity contribution in [2.45, 2.75) is 54.8 Å². The van der Waals surface area contributed by atoms with Gasteiger partial charge in [-0.25, -0.2) is 0 Å². The number of nitrogens with one attached hydrogen (secondary N) is 1. The molecule has 0 bridgehead atoms. The molecule has 1 aromatic carbocycles. The lowest BCUT2D eigenvalue weighted by Gasteiger charge is -2.04. The normalized spacial score (nSPS) is 18.1. The van der Waals surface area contributed by atoms with Crippen LogP contribution >= 0.6 is 11.8 Å². The molecule has 2 aliphatic carbocycles. The Morgan fingerprint density at radius 3 is 2.67 bits per heavy atom. The topological polar surface area (TPSA) is 51.0 Å². The van der Waals surface area contributed by atoms with Gasteiger partial charge in [-0.05, 0) is 43.4 Å². The van der Waals surface area contributed by atoms with E-state index in [1.54, 1.807) is 11.8 Å². The Morgan fingerprint density at radius 1 is 1.14 bits per heavy atom. The van der Waals surface area contributed by atoms with Crippen LogP contribution in [0.3, 0.4) is 0 Å². The summed E-state index contributed by atoms with van der Waals surface area (Å²) in [5.41, 5.74) is 1.35. The van der Waals surface area contributed by atoms with Gasteiger partial charge >= 0.3 is 0 Å². The quantitative estimate of drug-likeness (QED) is 0.793. The minimum atomic E-state index is 0.537. The van der Waals surface area contributed by atoms with Gasteiger partial charge in [0.1, 0.15) is 0 Å². The van der Waals surface area contributed by atoms with Gasteiger partial charge in [0, 0.05) is 23.4 Å². The highest BCUT2D eigenvalue weighted by Crippen LogP contribution is 2.39. The number of rotatable bonds is 7. The van der Waals surface area contributed by atoms with Gasteiger partial charge in [-0.3, -0.25) is 0 Å². The van der Waals surface area contributed by atoms with Gasteiger partial charge < -0.3 is 9.84 Å². The van der Waals surface area contributed by atoms with Crippen molar-refractivity contribution in [2.24, 2.45) is 0 Å². The Labute approximate surface area is 128 Å². The van der Waals surface area contributed by atoms with Gasteiger partial charge in [-0.2, -0.15) is 4.98 Å². The molecule has 21 heavy (non-hydrogen) atoms. The molecule has 0 spiro atoms. The highest BCUT2D eigenvalue weighted by atomic mass is 32.2. The smallest absolute Gasteiger partial charge is 0.229 e. The maximum Gasteiger partial charge on any atom is 0.229 e. The molecular weight excluding hydrogens is 282 g/mol. The van der Waals surface area contributed by atoms with Gasteiger partial charge in [-0.15, -0.1) is 11.8 Å². The number of hydrogen-bond donors (Lipinski definition) is 1. The number of nitrogens with zero attached hydrogens (tertiary/aromatic N) is 2. The van der Waals surface area contributed by atoms with Crippen molar-refractivity contribution in [3.63, 3.8) is 0 Å². The summed E-state index contributed by atoms with van der Waals surface area (Å²) in [6, 6.07) is 9.51. The fraction of sp³-hybridized carbons (Fsp3) is 0.500. The van der Waals surface area contributed by atoms with Crippen LogP contribution in [0.25, 0.3) is 0 Å². The van der Waals surface area contributed by atoms with E-state index >= 15 is 0 Å². The van der Waals surface area contributed by atoms with E-state index in [4.69, 9.17) is 4.52 Å². The maximum absolute atomic E-state index is 5.27. The van der Waals surface area contributed by atoms with Crippen molar-refractivity contribution in [2.75, 3.05) is 0 Å². The molecule has 2 fully saturated rings. The van der Waals surface area contributed by atoms with E-state index in [0.29, 0.717) is 5.92 Å². The molecule has 0 unspecified atom stereocenters. The van der Waals surface area contributed by atoms with Gasteiger partial charge in [0.25, 0.3) is 0 Å². The first-order chi connectivity index (χ1) is 10.4. The van der Waals surface area contributed by atoms with Gasteiger partial charge in [0.2, 0.25) is 5.89 Å². The molecule has 2 aliphatic rings. The highest BCUT2D eigenvalue weighted by molar-refractivity contribution is 7.98. The Hall–Kier alpha value is -1.33. The molecule has 2 saturated carbocycles. The van der Waals surface area contributed by atoms with E-state index in [1.165, 1.54) is 36.1 Å². The lowest BCUT2D eigenvalue weighted by atomic mass is 10.2. The molecule has 110 valence electrons.